The molecule has 1 N–H and O–H groups in total. The molecule has 5 nitrogen and oxygen atoms in total. The molecule has 5 heteroatoms. The molecule has 3 rings (SSSR count). The van der Waals surface area contributed by atoms with Crippen LogP contribution in [0.25, 0.3) is 11.3 Å². The van der Waals surface area contributed by atoms with Gasteiger partial charge in [0.1, 0.15) is 0 Å². The van der Waals surface area contributed by atoms with Crippen molar-refractivity contribution in [1.82, 2.24) is 15.3 Å². The predicted octanol–water partition coefficient (Wildman–Crippen LogP) is 2.67. The van der Waals surface area contributed by atoms with Crippen LogP contribution in [0.1, 0.15) is 16.1 Å². The highest BCUT2D eigenvalue weighted by Gasteiger charge is 2.10. The Hall–Kier alpha value is -2.95. The quantitative estimate of drug-likeness (QED) is 0.797. The van der Waals surface area contributed by atoms with Gasteiger partial charge in [-0.1, -0.05) is 6.07 Å². The third kappa shape index (κ3) is 2.97. The van der Waals surface area contributed by atoms with E-state index < -0.39 is 0 Å². The zero-order chi connectivity index (χ0) is 14.5. The molecule has 104 valence electrons. The SMILES string of the molecule is O=C(NCc1cccnc1-c1ccncc1)c1ccco1. The molecular weight excluding hydrogens is 266 g/mol. The van der Waals surface area contributed by atoms with E-state index in [2.05, 4.69) is 15.3 Å². The van der Waals surface area contributed by atoms with E-state index in [9.17, 15) is 4.79 Å². The summed E-state index contributed by atoms with van der Waals surface area (Å²) < 4.78 is 5.06. The first kappa shape index (κ1) is 13.1. The molecule has 0 saturated heterocycles. The van der Waals surface area contributed by atoms with Crippen molar-refractivity contribution in [3.8, 4) is 11.3 Å². The number of pyridine rings is 2. The van der Waals surface area contributed by atoms with Crippen molar-refractivity contribution >= 4 is 5.91 Å². The fourth-order valence-corrected chi connectivity index (χ4v) is 2.02. The average Bonchev–Trinajstić information content (AvgIpc) is 3.08. The summed E-state index contributed by atoms with van der Waals surface area (Å²) in [4.78, 5) is 20.3. The first-order valence-corrected chi connectivity index (χ1v) is 6.50. The largest absolute Gasteiger partial charge is 0.459 e. The van der Waals surface area contributed by atoms with Gasteiger partial charge in [0.25, 0.3) is 5.91 Å². The maximum atomic E-state index is 11.9. The molecule has 3 aromatic heterocycles. The van der Waals surface area contributed by atoms with E-state index in [1.165, 1.54) is 6.26 Å². The fraction of sp³-hybridized carbons (Fsp3) is 0.0625. The van der Waals surface area contributed by atoms with Gasteiger partial charge in [-0.25, -0.2) is 0 Å². The Kier molecular flexibility index (Phi) is 3.73. The van der Waals surface area contributed by atoms with Crippen LogP contribution >= 0.6 is 0 Å². The number of rotatable bonds is 4. The summed E-state index contributed by atoms with van der Waals surface area (Å²) in [5.41, 5.74) is 2.73. The van der Waals surface area contributed by atoms with Crippen molar-refractivity contribution in [1.29, 1.82) is 0 Å². The minimum atomic E-state index is -0.246. The van der Waals surface area contributed by atoms with Crippen LogP contribution in [0.2, 0.25) is 0 Å². The molecule has 1 amide bonds. The Labute approximate surface area is 121 Å². The van der Waals surface area contributed by atoms with Crippen molar-refractivity contribution in [3.63, 3.8) is 0 Å². The second-order valence-electron chi connectivity index (χ2n) is 4.41. The van der Waals surface area contributed by atoms with Crippen molar-refractivity contribution in [2.75, 3.05) is 0 Å². The summed E-state index contributed by atoms with van der Waals surface area (Å²) in [7, 11) is 0. The molecule has 0 aliphatic carbocycles. The molecule has 3 aromatic rings. The van der Waals surface area contributed by atoms with Gasteiger partial charge >= 0.3 is 0 Å². The maximum Gasteiger partial charge on any atom is 0.287 e. The summed E-state index contributed by atoms with van der Waals surface area (Å²) in [6.07, 6.45) is 6.64. The Balaban J connectivity index is 1.79. The molecule has 0 unspecified atom stereocenters. The lowest BCUT2D eigenvalue weighted by atomic mass is 10.1. The molecule has 0 fully saturated rings. The molecule has 21 heavy (non-hydrogen) atoms. The first-order chi connectivity index (χ1) is 10.3. The number of nitrogens with zero attached hydrogens (tertiary/aromatic N) is 2. The van der Waals surface area contributed by atoms with Crippen LogP contribution in [-0.2, 0) is 6.54 Å². The van der Waals surface area contributed by atoms with Crippen LogP contribution in [0.3, 0.4) is 0 Å². The van der Waals surface area contributed by atoms with Gasteiger partial charge in [-0.05, 0) is 35.9 Å². The number of carbonyl (C=O) groups is 1. The second-order valence-corrected chi connectivity index (χ2v) is 4.41. The molecule has 0 atom stereocenters. The van der Waals surface area contributed by atoms with E-state index >= 15 is 0 Å². The van der Waals surface area contributed by atoms with Gasteiger partial charge in [0.05, 0.1) is 12.0 Å². The third-order valence-corrected chi connectivity index (χ3v) is 3.03. The number of aromatic nitrogens is 2. The van der Waals surface area contributed by atoms with Crippen LogP contribution in [0.15, 0.2) is 65.7 Å². The van der Waals surface area contributed by atoms with E-state index in [0.717, 1.165) is 16.8 Å². The van der Waals surface area contributed by atoms with Gasteiger partial charge in [-0.15, -0.1) is 0 Å². The van der Waals surface area contributed by atoms with Crippen LogP contribution in [0.5, 0.6) is 0 Å². The van der Waals surface area contributed by atoms with Gasteiger partial charge in [-0.2, -0.15) is 0 Å². The summed E-state index contributed by atoms with van der Waals surface area (Å²) >= 11 is 0. The Morgan fingerprint density at radius 3 is 2.71 bits per heavy atom. The van der Waals surface area contributed by atoms with Crippen molar-refractivity contribution in [2.45, 2.75) is 6.54 Å². The van der Waals surface area contributed by atoms with E-state index in [0.29, 0.717) is 12.3 Å². The maximum absolute atomic E-state index is 11.9. The summed E-state index contributed by atoms with van der Waals surface area (Å²) in [6.45, 7) is 0.380. The van der Waals surface area contributed by atoms with E-state index in [1.54, 1.807) is 30.7 Å². The lowest BCUT2D eigenvalue weighted by Gasteiger charge is -2.09. The van der Waals surface area contributed by atoms with E-state index in [4.69, 9.17) is 4.42 Å². The summed E-state index contributed by atoms with van der Waals surface area (Å²) in [6, 6.07) is 10.9. The van der Waals surface area contributed by atoms with Crippen LogP contribution in [0, 0.1) is 0 Å². The lowest BCUT2D eigenvalue weighted by Crippen LogP contribution is -2.22. The minimum absolute atomic E-state index is 0.246. The molecule has 0 aliphatic heterocycles. The van der Waals surface area contributed by atoms with E-state index in [1.807, 2.05) is 24.3 Å². The van der Waals surface area contributed by atoms with E-state index in [-0.39, 0.29) is 5.91 Å². The molecule has 0 radical (unpaired) electrons. The zero-order valence-electron chi connectivity index (χ0n) is 11.2. The highest BCUT2D eigenvalue weighted by atomic mass is 16.3. The third-order valence-electron chi connectivity index (χ3n) is 3.03. The number of hydrogen-bond acceptors (Lipinski definition) is 4. The average molecular weight is 279 g/mol. The fourth-order valence-electron chi connectivity index (χ4n) is 2.02. The minimum Gasteiger partial charge on any atom is -0.459 e. The van der Waals surface area contributed by atoms with Gasteiger partial charge in [0.15, 0.2) is 5.76 Å². The van der Waals surface area contributed by atoms with Gasteiger partial charge in [0.2, 0.25) is 0 Å². The van der Waals surface area contributed by atoms with Gasteiger partial charge < -0.3 is 9.73 Å². The molecule has 0 aromatic carbocycles. The second kappa shape index (κ2) is 6.00. The highest BCUT2D eigenvalue weighted by molar-refractivity contribution is 5.91. The normalized spacial score (nSPS) is 10.3. The standard InChI is InChI=1S/C16H13N3O2/c20-16(14-4-2-10-21-14)19-11-13-3-1-7-18-15(13)12-5-8-17-9-6-12/h1-10H,11H2,(H,19,20). The monoisotopic (exact) mass is 279 g/mol. The smallest absolute Gasteiger partial charge is 0.287 e. The van der Waals surface area contributed by atoms with Gasteiger partial charge in [-0.3, -0.25) is 14.8 Å². The van der Waals surface area contributed by atoms with Crippen LogP contribution in [0.4, 0.5) is 0 Å². The van der Waals surface area contributed by atoms with Crippen LogP contribution < -0.4 is 5.32 Å². The van der Waals surface area contributed by atoms with Crippen molar-refractivity contribution < 1.29 is 9.21 Å². The van der Waals surface area contributed by atoms with Crippen molar-refractivity contribution in [2.24, 2.45) is 0 Å². The molecule has 0 spiro atoms. The first-order valence-electron chi connectivity index (χ1n) is 6.50. The number of hydrogen-bond donors (Lipinski definition) is 1. The number of furan rings is 1. The zero-order valence-corrected chi connectivity index (χ0v) is 11.2. The number of carbonyl (C=O) groups excluding carboxylic acids is 1. The summed E-state index contributed by atoms with van der Waals surface area (Å²) in [5.74, 6) is 0.0499. The Morgan fingerprint density at radius 2 is 1.95 bits per heavy atom. The predicted molar refractivity (Wildman–Crippen MR) is 77.3 cm³/mol. The molecular formula is C16H13N3O2. The lowest BCUT2D eigenvalue weighted by molar-refractivity contribution is 0.0923. The highest BCUT2D eigenvalue weighted by Crippen LogP contribution is 2.20. The van der Waals surface area contributed by atoms with Crippen molar-refractivity contribution in [3.05, 3.63) is 72.6 Å². The molecule has 0 bridgehead atoms. The number of amides is 1. The molecule has 0 saturated carbocycles. The van der Waals surface area contributed by atoms with Gasteiger partial charge in [0, 0.05) is 30.7 Å². The molecule has 3 heterocycles. The number of nitrogens with one attached hydrogen (secondary N) is 1. The topological polar surface area (TPSA) is 68.0 Å². The van der Waals surface area contributed by atoms with Crippen LogP contribution in [-0.4, -0.2) is 15.9 Å². The Bertz CT molecular complexity index is 724. The summed E-state index contributed by atoms with van der Waals surface area (Å²) in [5, 5.41) is 2.82. The molecule has 0 aliphatic rings. The Morgan fingerprint density at radius 1 is 1.10 bits per heavy atom.